The minimum absolute atomic E-state index is 0.448. The average Bonchev–Trinajstić information content (AvgIpc) is 2.53. The van der Waals surface area contributed by atoms with Crippen LogP contribution in [0.4, 0.5) is 0 Å². The Kier molecular flexibility index (Phi) is 4.28. The van der Waals surface area contributed by atoms with E-state index in [-0.39, 0.29) is 0 Å². The third kappa shape index (κ3) is 3.00. The number of pyridine rings is 1. The van der Waals surface area contributed by atoms with E-state index >= 15 is 0 Å². The summed E-state index contributed by atoms with van der Waals surface area (Å²) in [6, 6.07) is 13.1. The van der Waals surface area contributed by atoms with Crippen molar-refractivity contribution in [1.82, 2.24) is 10.3 Å². The SMILES string of the molecule is CNC(Cc1ccc2ccccc2n1)C1CCCOC1. The molecule has 3 rings (SSSR count). The molecule has 2 unspecified atom stereocenters. The summed E-state index contributed by atoms with van der Waals surface area (Å²) in [5, 5.41) is 4.66. The van der Waals surface area contributed by atoms with Gasteiger partial charge < -0.3 is 10.1 Å². The van der Waals surface area contributed by atoms with E-state index in [1.165, 1.54) is 18.2 Å². The van der Waals surface area contributed by atoms with Crippen LogP contribution in [0.5, 0.6) is 0 Å². The van der Waals surface area contributed by atoms with Gasteiger partial charge in [0.25, 0.3) is 0 Å². The van der Waals surface area contributed by atoms with Gasteiger partial charge in [0.2, 0.25) is 0 Å². The molecule has 0 radical (unpaired) electrons. The Morgan fingerprint density at radius 2 is 2.20 bits per heavy atom. The highest BCUT2D eigenvalue weighted by Crippen LogP contribution is 2.20. The molecule has 1 aromatic heterocycles. The van der Waals surface area contributed by atoms with Crippen molar-refractivity contribution in [1.29, 1.82) is 0 Å². The van der Waals surface area contributed by atoms with Crippen LogP contribution in [0.15, 0.2) is 36.4 Å². The van der Waals surface area contributed by atoms with Crippen LogP contribution in [-0.4, -0.2) is 31.3 Å². The molecule has 1 N–H and O–H groups in total. The normalized spacial score (nSPS) is 20.9. The molecular weight excluding hydrogens is 248 g/mol. The topological polar surface area (TPSA) is 34.2 Å². The summed E-state index contributed by atoms with van der Waals surface area (Å²) in [4.78, 5) is 4.78. The molecular formula is C17H22N2O. The van der Waals surface area contributed by atoms with Crippen molar-refractivity contribution in [3.8, 4) is 0 Å². The number of para-hydroxylation sites is 1. The Morgan fingerprint density at radius 3 is 3.00 bits per heavy atom. The fourth-order valence-electron chi connectivity index (χ4n) is 3.03. The van der Waals surface area contributed by atoms with E-state index in [1.54, 1.807) is 0 Å². The van der Waals surface area contributed by atoms with E-state index in [0.29, 0.717) is 12.0 Å². The highest BCUT2D eigenvalue weighted by molar-refractivity contribution is 5.78. The number of nitrogens with one attached hydrogen (secondary N) is 1. The molecule has 0 amide bonds. The zero-order chi connectivity index (χ0) is 13.8. The lowest BCUT2D eigenvalue weighted by Crippen LogP contribution is -2.40. The Hall–Kier alpha value is -1.45. The number of fused-ring (bicyclic) bond motifs is 1. The van der Waals surface area contributed by atoms with Crippen LogP contribution in [0.25, 0.3) is 10.9 Å². The number of hydrogen-bond donors (Lipinski definition) is 1. The smallest absolute Gasteiger partial charge is 0.0705 e. The summed E-state index contributed by atoms with van der Waals surface area (Å²) in [7, 11) is 2.04. The molecule has 0 aliphatic carbocycles. The van der Waals surface area contributed by atoms with Crippen molar-refractivity contribution in [2.24, 2.45) is 5.92 Å². The molecule has 1 aromatic carbocycles. The lowest BCUT2D eigenvalue weighted by Gasteiger charge is -2.29. The summed E-state index contributed by atoms with van der Waals surface area (Å²) >= 11 is 0. The second-order valence-electron chi connectivity index (χ2n) is 5.57. The van der Waals surface area contributed by atoms with E-state index in [2.05, 4.69) is 35.6 Å². The number of hydrogen-bond acceptors (Lipinski definition) is 3. The highest BCUT2D eigenvalue weighted by Gasteiger charge is 2.23. The van der Waals surface area contributed by atoms with Gasteiger partial charge >= 0.3 is 0 Å². The lowest BCUT2D eigenvalue weighted by atomic mass is 9.90. The molecule has 3 heteroatoms. The molecule has 1 fully saturated rings. The number of likely N-dealkylation sites (N-methyl/N-ethyl adjacent to an activating group) is 1. The van der Waals surface area contributed by atoms with Crippen molar-refractivity contribution in [2.45, 2.75) is 25.3 Å². The molecule has 3 nitrogen and oxygen atoms in total. The van der Waals surface area contributed by atoms with Crippen molar-refractivity contribution in [3.63, 3.8) is 0 Å². The Bertz CT molecular complexity index is 564. The van der Waals surface area contributed by atoms with Crippen LogP contribution in [-0.2, 0) is 11.2 Å². The van der Waals surface area contributed by atoms with Crippen LogP contribution < -0.4 is 5.32 Å². The predicted octanol–water partition coefficient (Wildman–Crippen LogP) is 2.79. The second-order valence-corrected chi connectivity index (χ2v) is 5.57. The van der Waals surface area contributed by atoms with Gasteiger partial charge in [0.15, 0.2) is 0 Å². The van der Waals surface area contributed by atoms with Gasteiger partial charge in [-0.2, -0.15) is 0 Å². The highest BCUT2D eigenvalue weighted by atomic mass is 16.5. The van der Waals surface area contributed by atoms with Gasteiger partial charge in [0.1, 0.15) is 0 Å². The van der Waals surface area contributed by atoms with Crippen LogP contribution in [0.3, 0.4) is 0 Å². The first kappa shape index (κ1) is 13.5. The lowest BCUT2D eigenvalue weighted by molar-refractivity contribution is 0.0403. The first-order chi connectivity index (χ1) is 9.86. The zero-order valence-corrected chi connectivity index (χ0v) is 12.0. The fourth-order valence-corrected chi connectivity index (χ4v) is 3.03. The first-order valence-electron chi connectivity index (χ1n) is 7.46. The number of nitrogens with zero attached hydrogens (tertiary/aromatic N) is 1. The monoisotopic (exact) mass is 270 g/mol. The van der Waals surface area contributed by atoms with Crippen molar-refractivity contribution in [2.75, 3.05) is 20.3 Å². The summed E-state index contributed by atoms with van der Waals surface area (Å²) in [6.07, 6.45) is 3.39. The van der Waals surface area contributed by atoms with Gasteiger partial charge in [-0.25, -0.2) is 0 Å². The van der Waals surface area contributed by atoms with Gasteiger partial charge in [-0.3, -0.25) is 4.98 Å². The van der Waals surface area contributed by atoms with Crippen LogP contribution in [0, 0.1) is 5.92 Å². The van der Waals surface area contributed by atoms with Gasteiger partial charge in [0, 0.05) is 30.1 Å². The Labute approximate surface area is 120 Å². The molecule has 0 bridgehead atoms. The Balaban J connectivity index is 1.76. The van der Waals surface area contributed by atoms with E-state index in [9.17, 15) is 0 Å². The minimum Gasteiger partial charge on any atom is -0.381 e. The largest absolute Gasteiger partial charge is 0.381 e. The fraction of sp³-hybridized carbons (Fsp3) is 0.471. The zero-order valence-electron chi connectivity index (χ0n) is 12.0. The number of rotatable bonds is 4. The Morgan fingerprint density at radius 1 is 1.30 bits per heavy atom. The predicted molar refractivity (Wildman–Crippen MR) is 81.8 cm³/mol. The molecule has 2 heterocycles. The van der Waals surface area contributed by atoms with Crippen LogP contribution in [0.2, 0.25) is 0 Å². The standard InChI is InChI=1S/C17H22N2O/c1-18-17(14-6-4-10-20-12-14)11-15-9-8-13-5-2-3-7-16(13)19-15/h2-3,5,7-9,14,17-18H,4,6,10-12H2,1H3. The van der Waals surface area contributed by atoms with E-state index in [1.807, 2.05) is 13.1 Å². The van der Waals surface area contributed by atoms with Crippen molar-refractivity contribution >= 4 is 10.9 Å². The van der Waals surface area contributed by atoms with Crippen molar-refractivity contribution < 1.29 is 4.74 Å². The molecule has 0 spiro atoms. The van der Waals surface area contributed by atoms with Gasteiger partial charge in [0.05, 0.1) is 12.1 Å². The third-order valence-electron chi connectivity index (χ3n) is 4.22. The maximum Gasteiger partial charge on any atom is 0.0705 e. The van der Waals surface area contributed by atoms with E-state index < -0.39 is 0 Å². The van der Waals surface area contributed by atoms with Gasteiger partial charge in [-0.1, -0.05) is 24.3 Å². The number of benzene rings is 1. The maximum absolute atomic E-state index is 5.61. The molecule has 1 saturated heterocycles. The summed E-state index contributed by atoms with van der Waals surface area (Å²) in [5.74, 6) is 0.599. The number of aromatic nitrogens is 1. The van der Waals surface area contributed by atoms with E-state index in [4.69, 9.17) is 9.72 Å². The van der Waals surface area contributed by atoms with Crippen molar-refractivity contribution in [3.05, 3.63) is 42.1 Å². The van der Waals surface area contributed by atoms with Crippen LogP contribution in [0.1, 0.15) is 18.5 Å². The molecule has 2 atom stereocenters. The molecule has 106 valence electrons. The summed E-state index contributed by atoms with van der Waals surface area (Å²) < 4.78 is 5.61. The molecule has 20 heavy (non-hydrogen) atoms. The quantitative estimate of drug-likeness (QED) is 0.927. The number of ether oxygens (including phenoxy) is 1. The van der Waals surface area contributed by atoms with E-state index in [0.717, 1.165) is 30.8 Å². The summed E-state index contributed by atoms with van der Waals surface area (Å²) in [6.45, 7) is 1.79. The average molecular weight is 270 g/mol. The minimum atomic E-state index is 0.448. The second kappa shape index (κ2) is 6.33. The van der Waals surface area contributed by atoms with Gasteiger partial charge in [-0.05, 0) is 37.9 Å². The maximum atomic E-state index is 5.61. The van der Waals surface area contributed by atoms with Crippen LogP contribution >= 0.6 is 0 Å². The molecule has 0 saturated carbocycles. The summed E-state index contributed by atoms with van der Waals surface area (Å²) in [5.41, 5.74) is 2.24. The first-order valence-corrected chi connectivity index (χ1v) is 7.46. The third-order valence-corrected chi connectivity index (χ3v) is 4.22. The van der Waals surface area contributed by atoms with Gasteiger partial charge in [-0.15, -0.1) is 0 Å². The molecule has 1 aliphatic heterocycles. The molecule has 2 aromatic rings. The molecule has 1 aliphatic rings.